The van der Waals surface area contributed by atoms with Gasteiger partial charge in [0, 0.05) is 6.42 Å². The number of rotatable bonds is 61. The highest BCUT2D eigenvalue weighted by atomic mass is 31.2. The molecule has 0 spiro atoms. The Balaban J connectivity index is 3.96. The number of aliphatic hydroxyl groups excluding tert-OH is 1. The van der Waals surface area contributed by atoms with Gasteiger partial charge in [0.2, 0.25) is 5.91 Å². The summed E-state index contributed by atoms with van der Waals surface area (Å²) >= 11 is 0. The highest BCUT2D eigenvalue weighted by molar-refractivity contribution is 7.45. The topological polar surface area (TPSA) is 108 Å². The molecule has 0 aliphatic carbocycles. The van der Waals surface area contributed by atoms with E-state index in [9.17, 15) is 19.4 Å². The molecule has 0 rings (SSSR count). The van der Waals surface area contributed by atoms with E-state index < -0.39 is 20.0 Å². The standard InChI is InChI=1S/C64H129N2O6P/c1-6-8-10-12-14-16-18-20-22-24-25-26-27-28-29-30-31-32-33-34-35-36-37-38-39-40-42-44-46-48-50-52-54-56-58-64(68)65-62(61-72-73(69,70)71-60-59-66(3,4)5)63(67)57-55-53-51-49-47-45-43-41-23-21-19-17-15-13-11-9-7-2/h55,57,62-63,67H,6-54,56,58-61H2,1-5H3,(H-,65,68,69,70)/b57-55+. The molecule has 436 valence electrons. The lowest BCUT2D eigenvalue weighted by atomic mass is 10.0. The molecule has 73 heavy (non-hydrogen) atoms. The fourth-order valence-electron chi connectivity index (χ4n) is 10.2. The average Bonchev–Trinajstić information content (AvgIpc) is 3.35. The maximum atomic E-state index is 13.0. The van der Waals surface area contributed by atoms with Crippen molar-refractivity contribution in [3.05, 3.63) is 12.2 Å². The zero-order valence-corrected chi connectivity index (χ0v) is 50.8. The zero-order valence-electron chi connectivity index (χ0n) is 49.9. The molecule has 9 heteroatoms. The molecule has 0 aromatic heterocycles. The van der Waals surface area contributed by atoms with Gasteiger partial charge in [-0.2, -0.15) is 0 Å². The summed E-state index contributed by atoms with van der Waals surface area (Å²) in [4.78, 5) is 25.5. The number of likely N-dealkylation sites (N-methyl/N-ethyl adjacent to an activating group) is 1. The number of quaternary nitrogens is 1. The molecule has 0 aliphatic rings. The van der Waals surface area contributed by atoms with Crippen LogP contribution in [0.2, 0.25) is 0 Å². The van der Waals surface area contributed by atoms with Crippen LogP contribution in [0.3, 0.4) is 0 Å². The van der Waals surface area contributed by atoms with Crippen molar-refractivity contribution in [2.45, 2.75) is 353 Å². The maximum Gasteiger partial charge on any atom is 0.268 e. The smallest absolute Gasteiger partial charge is 0.268 e. The van der Waals surface area contributed by atoms with E-state index in [0.29, 0.717) is 17.4 Å². The number of carbonyl (C=O) groups excluding carboxylic acids is 1. The number of amides is 1. The van der Waals surface area contributed by atoms with Crippen LogP contribution < -0.4 is 10.2 Å². The van der Waals surface area contributed by atoms with Gasteiger partial charge in [0.15, 0.2) is 0 Å². The van der Waals surface area contributed by atoms with Gasteiger partial charge in [0.1, 0.15) is 13.2 Å². The normalized spacial score (nSPS) is 13.8. The van der Waals surface area contributed by atoms with Gasteiger partial charge >= 0.3 is 0 Å². The predicted octanol–water partition coefficient (Wildman–Crippen LogP) is 19.5. The van der Waals surface area contributed by atoms with E-state index in [1.165, 1.54) is 283 Å². The first-order valence-electron chi connectivity index (χ1n) is 32.6. The number of allylic oxidation sites excluding steroid dienone is 1. The molecule has 3 unspecified atom stereocenters. The predicted molar refractivity (Wildman–Crippen MR) is 316 cm³/mol. The van der Waals surface area contributed by atoms with Crippen molar-refractivity contribution < 1.29 is 32.9 Å². The summed E-state index contributed by atoms with van der Waals surface area (Å²) in [6.07, 6.45) is 70.4. The SMILES string of the molecule is CCCCCCCCCCCCCCCCC/C=C/C(O)C(COP(=O)([O-])OCC[N+](C)(C)C)NC(=O)CCCCCCCCCCCCCCCCCCCCCCCCCCCCCCCCCCCC. The summed E-state index contributed by atoms with van der Waals surface area (Å²) in [5.74, 6) is -0.189. The number of phosphoric acid groups is 1. The van der Waals surface area contributed by atoms with Crippen molar-refractivity contribution in [1.29, 1.82) is 0 Å². The number of hydrogen-bond acceptors (Lipinski definition) is 6. The van der Waals surface area contributed by atoms with E-state index >= 15 is 0 Å². The molecule has 0 fully saturated rings. The lowest BCUT2D eigenvalue weighted by molar-refractivity contribution is -0.870. The van der Waals surface area contributed by atoms with Crippen LogP contribution in [0.15, 0.2) is 12.2 Å². The van der Waals surface area contributed by atoms with Crippen molar-refractivity contribution >= 4 is 13.7 Å². The molecule has 0 heterocycles. The summed E-state index contributed by atoms with van der Waals surface area (Å²) in [6, 6.07) is -0.882. The maximum absolute atomic E-state index is 13.0. The fourth-order valence-corrected chi connectivity index (χ4v) is 10.9. The second kappa shape index (κ2) is 56.0. The molecule has 0 saturated heterocycles. The van der Waals surface area contributed by atoms with Crippen LogP contribution in [0.4, 0.5) is 0 Å². The van der Waals surface area contributed by atoms with Crippen LogP contribution >= 0.6 is 7.82 Å². The molecule has 0 aliphatic heterocycles. The molecule has 0 aromatic rings. The van der Waals surface area contributed by atoms with Gasteiger partial charge in [-0.05, 0) is 19.3 Å². The van der Waals surface area contributed by atoms with Gasteiger partial charge in [0.05, 0.1) is 39.9 Å². The summed E-state index contributed by atoms with van der Waals surface area (Å²) in [5, 5.41) is 13.9. The van der Waals surface area contributed by atoms with Crippen LogP contribution in [-0.2, 0) is 18.4 Å². The van der Waals surface area contributed by atoms with Crippen LogP contribution in [0, 0.1) is 0 Å². The van der Waals surface area contributed by atoms with Gasteiger partial charge in [-0.15, -0.1) is 0 Å². The quantitative estimate of drug-likeness (QED) is 0.0272. The number of unbranched alkanes of at least 4 members (excludes halogenated alkanes) is 48. The Morgan fingerprint density at radius 1 is 0.466 bits per heavy atom. The highest BCUT2D eigenvalue weighted by Gasteiger charge is 2.23. The van der Waals surface area contributed by atoms with Crippen molar-refractivity contribution in [3.8, 4) is 0 Å². The van der Waals surface area contributed by atoms with Crippen molar-refractivity contribution in [2.75, 3.05) is 40.9 Å². The van der Waals surface area contributed by atoms with Crippen molar-refractivity contribution in [2.24, 2.45) is 0 Å². The monoisotopic (exact) mass is 1050 g/mol. The zero-order chi connectivity index (χ0) is 53.5. The molecule has 2 N–H and O–H groups in total. The molecule has 0 saturated carbocycles. The first-order chi connectivity index (χ1) is 35.5. The third kappa shape index (κ3) is 58.8. The Morgan fingerprint density at radius 2 is 0.740 bits per heavy atom. The second-order valence-electron chi connectivity index (χ2n) is 23.8. The number of nitrogens with zero attached hydrogens (tertiary/aromatic N) is 1. The first kappa shape index (κ1) is 72.2. The van der Waals surface area contributed by atoms with Crippen LogP contribution in [0.5, 0.6) is 0 Å². The van der Waals surface area contributed by atoms with Crippen LogP contribution in [0.1, 0.15) is 341 Å². The van der Waals surface area contributed by atoms with Crippen LogP contribution in [0.25, 0.3) is 0 Å². The van der Waals surface area contributed by atoms with E-state index in [0.717, 1.165) is 38.5 Å². The van der Waals surface area contributed by atoms with E-state index in [1.54, 1.807) is 6.08 Å². The third-order valence-corrected chi connectivity index (χ3v) is 16.2. The average molecular weight is 1050 g/mol. The van der Waals surface area contributed by atoms with Crippen molar-refractivity contribution in [3.63, 3.8) is 0 Å². The highest BCUT2D eigenvalue weighted by Crippen LogP contribution is 2.38. The Kier molecular flexibility index (Phi) is 55.4. The minimum atomic E-state index is -4.59. The summed E-state index contributed by atoms with van der Waals surface area (Å²) in [5.41, 5.74) is 0. The third-order valence-electron chi connectivity index (χ3n) is 15.2. The first-order valence-corrected chi connectivity index (χ1v) is 34.0. The van der Waals surface area contributed by atoms with Gasteiger partial charge in [-0.25, -0.2) is 0 Å². The number of carbonyl (C=O) groups is 1. The molecule has 0 aromatic carbocycles. The molecule has 0 bridgehead atoms. The number of phosphoric ester groups is 1. The molecular weight excluding hydrogens is 924 g/mol. The fraction of sp³-hybridized carbons (Fsp3) is 0.953. The molecule has 8 nitrogen and oxygen atoms in total. The Bertz CT molecular complexity index is 1200. The van der Waals surface area contributed by atoms with Crippen molar-refractivity contribution in [1.82, 2.24) is 5.32 Å². The van der Waals surface area contributed by atoms with E-state index in [-0.39, 0.29) is 19.1 Å². The minimum absolute atomic E-state index is 0.00273. The van der Waals surface area contributed by atoms with Gasteiger partial charge in [0.25, 0.3) is 7.82 Å². The molecule has 1 amide bonds. The Hall–Kier alpha value is -0.760. The van der Waals surface area contributed by atoms with E-state index in [1.807, 2.05) is 27.2 Å². The minimum Gasteiger partial charge on any atom is -0.756 e. The van der Waals surface area contributed by atoms with Gasteiger partial charge < -0.3 is 28.8 Å². The van der Waals surface area contributed by atoms with E-state index in [2.05, 4.69) is 19.2 Å². The van der Waals surface area contributed by atoms with E-state index in [4.69, 9.17) is 9.05 Å². The Labute approximate surface area is 456 Å². The molecule has 3 atom stereocenters. The molecular formula is C64H129N2O6P. The largest absolute Gasteiger partial charge is 0.756 e. The second-order valence-corrected chi connectivity index (χ2v) is 25.2. The summed E-state index contributed by atoms with van der Waals surface area (Å²) in [6.45, 7) is 4.71. The number of aliphatic hydroxyl groups is 1. The lowest BCUT2D eigenvalue weighted by Gasteiger charge is -2.29. The summed E-state index contributed by atoms with van der Waals surface area (Å²) in [7, 11) is 1.28. The molecule has 0 radical (unpaired) electrons. The number of nitrogens with one attached hydrogen (secondary N) is 1. The number of hydrogen-bond donors (Lipinski definition) is 2. The Morgan fingerprint density at radius 3 is 1.03 bits per heavy atom. The van der Waals surface area contributed by atoms with Crippen LogP contribution in [-0.4, -0.2) is 68.5 Å². The van der Waals surface area contributed by atoms with Gasteiger partial charge in [-0.1, -0.05) is 328 Å². The summed E-state index contributed by atoms with van der Waals surface area (Å²) < 4.78 is 23.4. The lowest BCUT2D eigenvalue weighted by Crippen LogP contribution is -2.45. The van der Waals surface area contributed by atoms with Gasteiger partial charge in [-0.3, -0.25) is 9.36 Å².